The lowest BCUT2D eigenvalue weighted by Crippen LogP contribution is -1.94. The fraction of sp³-hybridized carbons (Fsp3) is 0.118. The zero-order valence-corrected chi connectivity index (χ0v) is 11.2. The highest BCUT2D eigenvalue weighted by Gasteiger charge is 2.06. The summed E-state index contributed by atoms with van der Waals surface area (Å²) in [5.74, 6) is 1.25. The molecule has 0 fully saturated rings. The third-order valence-electron chi connectivity index (χ3n) is 3.21. The first-order valence-corrected chi connectivity index (χ1v) is 6.54. The predicted octanol–water partition coefficient (Wildman–Crippen LogP) is 4.08. The first kappa shape index (κ1) is 12.6. The molecule has 3 aromatic rings. The van der Waals surface area contributed by atoms with E-state index in [9.17, 15) is 5.11 Å². The van der Waals surface area contributed by atoms with Gasteiger partial charge in [-0.3, -0.25) is 0 Å². The smallest absolute Gasteiger partial charge is 0.219 e. The Kier molecular flexibility index (Phi) is 3.35. The van der Waals surface area contributed by atoms with Crippen LogP contribution >= 0.6 is 0 Å². The second-order valence-electron chi connectivity index (χ2n) is 4.68. The van der Waals surface area contributed by atoms with Crippen LogP contribution in [-0.2, 0) is 0 Å². The molecular formula is C17H15NO2. The maximum Gasteiger partial charge on any atom is 0.219 e. The fourth-order valence-corrected chi connectivity index (χ4v) is 2.14. The summed E-state index contributed by atoms with van der Waals surface area (Å²) in [7, 11) is 0. The maximum atomic E-state index is 9.60. The highest BCUT2D eigenvalue weighted by Crippen LogP contribution is 2.29. The van der Waals surface area contributed by atoms with Crippen molar-refractivity contribution in [3.63, 3.8) is 0 Å². The molecule has 0 aliphatic heterocycles. The van der Waals surface area contributed by atoms with Gasteiger partial charge in [0.2, 0.25) is 5.88 Å². The van der Waals surface area contributed by atoms with Gasteiger partial charge in [-0.05, 0) is 30.0 Å². The van der Waals surface area contributed by atoms with E-state index in [-0.39, 0.29) is 0 Å². The van der Waals surface area contributed by atoms with Crippen LogP contribution in [0.15, 0.2) is 60.8 Å². The Bertz CT molecular complexity index is 732. The topological polar surface area (TPSA) is 42.4 Å². The molecule has 2 aromatic carbocycles. The molecule has 0 saturated heterocycles. The highest BCUT2D eigenvalue weighted by molar-refractivity contribution is 5.88. The number of aliphatic hydroxyl groups excluding tert-OH is 1. The molecule has 0 amide bonds. The van der Waals surface area contributed by atoms with Crippen molar-refractivity contribution < 1.29 is 9.84 Å². The van der Waals surface area contributed by atoms with Crippen molar-refractivity contribution in [2.24, 2.45) is 0 Å². The molecule has 100 valence electrons. The number of aliphatic hydroxyl groups is 1. The van der Waals surface area contributed by atoms with Crippen molar-refractivity contribution in [1.29, 1.82) is 0 Å². The highest BCUT2D eigenvalue weighted by atomic mass is 16.5. The minimum atomic E-state index is -0.534. The minimum absolute atomic E-state index is 0.486. The number of nitrogens with zero attached hydrogens (tertiary/aromatic N) is 1. The van der Waals surface area contributed by atoms with E-state index in [4.69, 9.17) is 4.74 Å². The molecule has 0 saturated carbocycles. The summed E-state index contributed by atoms with van der Waals surface area (Å²) in [5.41, 5.74) is 0.787. The van der Waals surface area contributed by atoms with Gasteiger partial charge < -0.3 is 9.84 Å². The Balaban J connectivity index is 1.99. The Labute approximate surface area is 117 Å². The van der Waals surface area contributed by atoms with Crippen molar-refractivity contribution in [3.8, 4) is 11.6 Å². The van der Waals surface area contributed by atoms with Gasteiger partial charge in [0.1, 0.15) is 5.75 Å². The Morgan fingerprint density at radius 1 is 1.05 bits per heavy atom. The van der Waals surface area contributed by atoms with Gasteiger partial charge in [0.25, 0.3) is 0 Å². The Morgan fingerprint density at radius 2 is 1.85 bits per heavy atom. The number of benzene rings is 2. The van der Waals surface area contributed by atoms with Crippen molar-refractivity contribution in [2.75, 3.05) is 0 Å². The van der Waals surface area contributed by atoms with E-state index in [0.717, 1.165) is 22.1 Å². The van der Waals surface area contributed by atoms with Gasteiger partial charge >= 0.3 is 0 Å². The number of rotatable bonds is 3. The summed E-state index contributed by atoms with van der Waals surface area (Å²) in [5, 5.41) is 11.8. The zero-order chi connectivity index (χ0) is 13.9. The number of aromatic nitrogens is 1. The van der Waals surface area contributed by atoms with E-state index < -0.39 is 6.10 Å². The molecule has 0 aliphatic rings. The molecule has 0 unspecified atom stereocenters. The molecule has 1 heterocycles. The van der Waals surface area contributed by atoms with Gasteiger partial charge in [0.15, 0.2) is 0 Å². The van der Waals surface area contributed by atoms with E-state index in [0.29, 0.717) is 5.88 Å². The summed E-state index contributed by atoms with van der Waals surface area (Å²) in [6.45, 7) is 1.72. The summed E-state index contributed by atoms with van der Waals surface area (Å²) in [6, 6.07) is 17.5. The quantitative estimate of drug-likeness (QED) is 0.775. The summed E-state index contributed by atoms with van der Waals surface area (Å²) in [6.07, 6.45) is 1.11. The molecule has 0 radical (unpaired) electrons. The van der Waals surface area contributed by atoms with E-state index in [2.05, 4.69) is 4.98 Å². The molecule has 0 bridgehead atoms. The first-order chi connectivity index (χ1) is 9.74. The van der Waals surface area contributed by atoms with Crippen LogP contribution in [0, 0.1) is 0 Å². The number of pyridine rings is 1. The molecule has 1 atom stereocenters. The van der Waals surface area contributed by atoms with Crippen LogP contribution in [0.1, 0.15) is 18.6 Å². The third kappa shape index (κ3) is 2.49. The normalized spacial score (nSPS) is 12.3. The van der Waals surface area contributed by atoms with Gasteiger partial charge in [0, 0.05) is 17.6 Å². The van der Waals surface area contributed by atoms with Gasteiger partial charge in [-0.1, -0.05) is 36.4 Å². The van der Waals surface area contributed by atoms with Crippen LogP contribution in [0.2, 0.25) is 0 Å². The van der Waals surface area contributed by atoms with Gasteiger partial charge in [-0.25, -0.2) is 4.98 Å². The molecule has 1 N–H and O–H groups in total. The summed E-state index contributed by atoms with van der Waals surface area (Å²) < 4.78 is 5.86. The molecule has 1 aromatic heterocycles. The SMILES string of the molecule is C[C@@H](O)c1ccnc(Oc2cccc3ccccc23)c1. The second-order valence-corrected chi connectivity index (χ2v) is 4.68. The molecule has 20 heavy (non-hydrogen) atoms. The van der Waals surface area contributed by atoms with E-state index in [1.807, 2.05) is 42.5 Å². The van der Waals surface area contributed by atoms with Crippen molar-refractivity contribution in [2.45, 2.75) is 13.0 Å². The van der Waals surface area contributed by atoms with Crippen LogP contribution in [0.4, 0.5) is 0 Å². The van der Waals surface area contributed by atoms with Crippen LogP contribution < -0.4 is 4.74 Å². The molecule has 3 nitrogen and oxygen atoms in total. The summed E-state index contributed by atoms with van der Waals surface area (Å²) in [4.78, 5) is 4.19. The second kappa shape index (κ2) is 5.31. The monoisotopic (exact) mass is 265 g/mol. The number of hydrogen-bond donors (Lipinski definition) is 1. The molecule has 3 heteroatoms. The van der Waals surface area contributed by atoms with E-state index >= 15 is 0 Å². The maximum absolute atomic E-state index is 9.60. The van der Waals surface area contributed by atoms with Crippen LogP contribution in [0.5, 0.6) is 11.6 Å². The van der Waals surface area contributed by atoms with Gasteiger partial charge in [-0.2, -0.15) is 0 Å². The fourth-order valence-electron chi connectivity index (χ4n) is 2.14. The third-order valence-corrected chi connectivity index (χ3v) is 3.21. The van der Waals surface area contributed by atoms with Crippen LogP contribution in [0.25, 0.3) is 10.8 Å². The molecule has 3 rings (SSSR count). The lowest BCUT2D eigenvalue weighted by molar-refractivity contribution is 0.198. The predicted molar refractivity (Wildman–Crippen MR) is 78.9 cm³/mol. The van der Waals surface area contributed by atoms with Crippen molar-refractivity contribution in [3.05, 3.63) is 66.4 Å². The average Bonchev–Trinajstić information content (AvgIpc) is 2.48. The zero-order valence-electron chi connectivity index (χ0n) is 11.2. The molecule has 0 aliphatic carbocycles. The Hall–Kier alpha value is -2.39. The first-order valence-electron chi connectivity index (χ1n) is 6.54. The van der Waals surface area contributed by atoms with Crippen LogP contribution in [-0.4, -0.2) is 10.1 Å². The van der Waals surface area contributed by atoms with Gasteiger partial charge in [-0.15, -0.1) is 0 Å². The largest absolute Gasteiger partial charge is 0.438 e. The Morgan fingerprint density at radius 3 is 2.70 bits per heavy atom. The lowest BCUT2D eigenvalue weighted by atomic mass is 10.1. The van der Waals surface area contributed by atoms with Crippen LogP contribution in [0.3, 0.4) is 0 Å². The average molecular weight is 265 g/mol. The number of fused-ring (bicyclic) bond motifs is 1. The van der Waals surface area contributed by atoms with E-state index in [1.54, 1.807) is 25.3 Å². The van der Waals surface area contributed by atoms with Crippen molar-refractivity contribution in [1.82, 2.24) is 4.98 Å². The molecular weight excluding hydrogens is 250 g/mol. The number of ether oxygens (including phenoxy) is 1. The van der Waals surface area contributed by atoms with E-state index in [1.165, 1.54) is 0 Å². The summed E-state index contributed by atoms with van der Waals surface area (Å²) >= 11 is 0. The lowest BCUT2D eigenvalue weighted by Gasteiger charge is -2.10. The minimum Gasteiger partial charge on any atom is -0.438 e. The molecule has 0 spiro atoms. The standard InChI is InChI=1S/C17H15NO2/c1-12(19)14-9-10-18-17(11-14)20-16-8-4-6-13-5-2-3-7-15(13)16/h2-12,19H,1H3/t12-/m1/s1. The number of hydrogen-bond acceptors (Lipinski definition) is 3. The van der Waals surface area contributed by atoms with Gasteiger partial charge in [0.05, 0.1) is 6.10 Å². The van der Waals surface area contributed by atoms with Crippen molar-refractivity contribution >= 4 is 10.8 Å².